The number of para-hydroxylation sites is 1. The van der Waals surface area contributed by atoms with Crippen molar-refractivity contribution in [2.24, 2.45) is 0 Å². The van der Waals surface area contributed by atoms with E-state index in [2.05, 4.69) is 6.92 Å². The van der Waals surface area contributed by atoms with Gasteiger partial charge in [0.05, 0.1) is 4.90 Å². The Balaban J connectivity index is 0.00000338. The van der Waals surface area contributed by atoms with Gasteiger partial charge in [-0.1, -0.05) is 63.3 Å². The molecule has 0 saturated carbocycles. The molecule has 0 N–H and O–H groups in total. The van der Waals surface area contributed by atoms with E-state index in [1.165, 1.54) is 25.3 Å². The molecule has 0 amide bonds. The van der Waals surface area contributed by atoms with Crippen molar-refractivity contribution < 1.29 is 47.3 Å². The fourth-order valence-corrected chi connectivity index (χ4v) is 3.51. The van der Waals surface area contributed by atoms with Crippen LogP contribution < -0.4 is 34.3 Å². The number of benzene rings is 2. The molecule has 0 atom stereocenters. The van der Waals surface area contributed by atoms with Crippen LogP contribution in [0.25, 0.3) is 0 Å². The van der Waals surface area contributed by atoms with Crippen LogP contribution in [0, 0.1) is 0 Å². The van der Waals surface area contributed by atoms with Gasteiger partial charge in [0.2, 0.25) is 0 Å². The van der Waals surface area contributed by atoms with E-state index in [0.717, 1.165) is 19.3 Å². The van der Waals surface area contributed by atoms with E-state index in [-0.39, 0.29) is 34.5 Å². The predicted octanol–water partition coefficient (Wildman–Crippen LogP) is 2.29. The first kappa shape index (κ1) is 23.2. The minimum Gasteiger partial charge on any atom is -0.744 e. The van der Waals surface area contributed by atoms with E-state index in [1.54, 1.807) is 24.3 Å². The molecule has 0 bridgehead atoms. The molecule has 2 aromatic rings. The maximum Gasteiger partial charge on any atom is 1.00 e. The fourth-order valence-electron chi connectivity index (χ4n) is 2.76. The largest absolute Gasteiger partial charge is 1.00 e. The summed E-state index contributed by atoms with van der Waals surface area (Å²) >= 11 is 0. The number of hydrogen-bond acceptors (Lipinski definition) is 4. The van der Waals surface area contributed by atoms with Gasteiger partial charge in [0, 0.05) is 0 Å². The molecule has 2 aromatic carbocycles. The van der Waals surface area contributed by atoms with Gasteiger partial charge in [0.1, 0.15) is 21.6 Å². The summed E-state index contributed by atoms with van der Waals surface area (Å²) in [6, 6.07) is 13.8. The topological polar surface area (TPSA) is 66.4 Å². The van der Waals surface area contributed by atoms with Gasteiger partial charge in [0.25, 0.3) is 0 Å². The Bertz CT molecular complexity index is 761. The first-order valence-electron chi connectivity index (χ1n) is 8.82. The summed E-state index contributed by atoms with van der Waals surface area (Å²) < 4.78 is 40.5. The molecule has 4 nitrogen and oxygen atoms in total. The normalized spacial score (nSPS) is 11.0. The Morgan fingerprint density at radius 3 is 2.19 bits per heavy atom. The summed E-state index contributed by atoms with van der Waals surface area (Å²) in [4.78, 5) is -0.172. The van der Waals surface area contributed by atoms with Crippen molar-refractivity contribution in [3.63, 3.8) is 0 Å². The van der Waals surface area contributed by atoms with Crippen molar-refractivity contribution in [3.05, 3.63) is 54.1 Å². The summed E-state index contributed by atoms with van der Waals surface area (Å²) in [6.45, 7) is 2.17. The fraction of sp³-hybridized carbons (Fsp3) is 0.400. The SMILES string of the molecule is CCCCCCCCc1ccc(Oc2ccccc2)cc1S(=O)(=O)[O-].[Na+]. The number of aryl methyl sites for hydroxylation is 1. The molecule has 136 valence electrons. The molecule has 0 spiro atoms. The molecule has 0 heterocycles. The van der Waals surface area contributed by atoms with Crippen LogP contribution in [0.5, 0.6) is 11.5 Å². The Morgan fingerprint density at radius 2 is 1.54 bits per heavy atom. The van der Waals surface area contributed by atoms with E-state index < -0.39 is 10.1 Å². The zero-order chi connectivity index (χ0) is 18.1. The molecular formula is C20H25NaO4S. The standard InChI is InChI=1S/C20H26O4S.Na/c1-2-3-4-5-6-8-11-17-14-15-19(16-20(17)25(21,22)23)24-18-12-9-7-10-13-18;/h7,9-10,12-16H,2-6,8,11H2,1H3,(H,21,22,23);/q;+1/p-1. The van der Waals surface area contributed by atoms with Gasteiger partial charge in [0.15, 0.2) is 0 Å². The first-order chi connectivity index (χ1) is 12.0. The maximum atomic E-state index is 11.6. The molecule has 0 saturated heterocycles. The van der Waals surface area contributed by atoms with Crippen LogP contribution >= 0.6 is 0 Å². The van der Waals surface area contributed by atoms with E-state index in [4.69, 9.17) is 4.74 Å². The summed E-state index contributed by atoms with van der Waals surface area (Å²) in [5.41, 5.74) is 0.575. The van der Waals surface area contributed by atoms with Gasteiger partial charge < -0.3 is 9.29 Å². The molecule has 0 aromatic heterocycles. The number of rotatable bonds is 10. The molecule has 6 heteroatoms. The first-order valence-corrected chi connectivity index (χ1v) is 10.2. The van der Waals surface area contributed by atoms with Gasteiger partial charge >= 0.3 is 29.6 Å². The minimum atomic E-state index is -4.53. The smallest absolute Gasteiger partial charge is 0.744 e. The second-order valence-corrected chi connectivity index (χ2v) is 7.50. The monoisotopic (exact) mass is 384 g/mol. The van der Waals surface area contributed by atoms with Crippen molar-refractivity contribution in [3.8, 4) is 11.5 Å². The van der Waals surface area contributed by atoms with Gasteiger partial charge in [-0.15, -0.1) is 0 Å². The zero-order valence-corrected chi connectivity index (χ0v) is 18.4. The van der Waals surface area contributed by atoms with E-state index >= 15 is 0 Å². The van der Waals surface area contributed by atoms with Gasteiger partial charge in [-0.3, -0.25) is 0 Å². The Kier molecular flexibility index (Phi) is 10.5. The second kappa shape index (κ2) is 11.8. The van der Waals surface area contributed by atoms with Crippen LogP contribution in [-0.2, 0) is 16.5 Å². The molecule has 26 heavy (non-hydrogen) atoms. The predicted molar refractivity (Wildman–Crippen MR) is 98.0 cm³/mol. The number of hydrogen-bond donors (Lipinski definition) is 0. The second-order valence-electron chi connectivity index (χ2n) is 6.16. The van der Waals surface area contributed by atoms with Crippen molar-refractivity contribution in [1.82, 2.24) is 0 Å². The Hall–Kier alpha value is -0.850. The molecule has 0 aliphatic carbocycles. The average molecular weight is 384 g/mol. The van der Waals surface area contributed by atoms with Crippen molar-refractivity contribution >= 4 is 10.1 Å². The quantitative estimate of drug-likeness (QED) is 0.358. The van der Waals surface area contributed by atoms with Crippen LogP contribution in [0.2, 0.25) is 0 Å². The molecule has 0 fully saturated rings. The van der Waals surface area contributed by atoms with Gasteiger partial charge in [-0.25, -0.2) is 8.42 Å². The molecular weight excluding hydrogens is 359 g/mol. The Morgan fingerprint density at radius 1 is 0.885 bits per heavy atom. The van der Waals surface area contributed by atoms with Crippen LogP contribution in [0.3, 0.4) is 0 Å². The maximum absolute atomic E-state index is 11.6. The minimum absolute atomic E-state index is 0. The molecule has 0 unspecified atom stereocenters. The van der Waals surface area contributed by atoms with E-state index in [1.807, 2.05) is 18.2 Å². The number of ether oxygens (including phenoxy) is 1. The molecule has 0 aliphatic rings. The average Bonchev–Trinajstić information content (AvgIpc) is 2.59. The van der Waals surface area contributed by atoms with Crippen LogP contribution in [0.1, 0.15) is 51.0 Å². The van der Waals surface area contributed by atoms with Crippen molar-refractivity contribution in [1.29, 1.82) is 0 Å². The zero-order valence-electron chi connectivity index (χ0n) is 15.6. The van der Waals surface area contributed by atoms with Crippen molar-refractivity contribution in [2.75, 3.05) is 0 Å². The van der Waals surface area contributed by atoms with Crippen molar-refractivity contribution in [2.45, 2.75) is 56.8 Å². The summed E-state index contributed by atoms with van der Waals surface area (Å²) in [6.07, 6.45) is 7.28. The Labute approximate surface area is 179 Å². The molecule has 0 aliphatic heterocycles. The third kappa shape index (κ3) is 7.80. The van der Waals surface area contributed by atoms with Crippen LogP contribution in [-0.4, -0.2) is 13.0 Å². The summed E-state index contributed by atoms with van der Waals surface area (Å²) in [5, 5.41) is 0. The van der Waals surface area contributed by atoms with Crippen LogP contribution in [0.15, 0.2) is 53.4 Å². The van der Waals surface area contributed by atoms with Crippen LogP contribution in [0.4, 0.5) is 0 Å². The third-order valence-corrected chi connectivity index (χ3v) is 5.01. The molecule has 0 radical (unpaired) electrons. The molecule has 2 rings (SSSR count). The summed E-state index contributed by atoms with van der Waals surface area (Å²) in [5.74, 6) is 0.952. The van der Waals surface area contributed by atoms with E-state index in [0.29, 0.717) is 23.5 Å². The van der Waals surface area contributed by atoms with E-state index in [9.17, 15) is 13.0 Å². The van der Waals surface area contributed by atoms with Gasteiger partial charge in [-0.2, -0.15) is 0 Å². The summed E-state index contributed by atoms with van der Waals surface area (Å²) in [7, 11) is -4.53. The third-order valence-electron chi connectivity index (χ3n) is 4.09. The number of unbranched alkanes of at least 4 members (excludes halogenated alkanes) is 5. The van der Waals surface area contributed by atoms with Gasteiger partial charge in [-0.05, 0) is 42.7 Å².